The summed E-state index contributed by atoms with van der Waals surface area (Å²) in [7, 11) is 0. The van der Waals surface area contributed by atoms with Crippen LogP contribution >= 0.6 is 22.6 Å². The summed E-state index contributed by atoms with van der Waals surface area (Å²) in [4.78, 5) is 16.4. The lowest BCUT2D eigenvalue weighted by atomic mass is 10.3. The van der Waals surface area contributed by atoms with Gasteiger partial charge in [-0.25, -0.2) is 9.67 Å². The van der Waals surface area contributed by atoms with Crippen molar-refractivity contribution in [2.24, 2.45) is 0 Å². The Kier molecular flexibility index (Phi) is 3.87. The standard InChI is InChI=1S/C15H13IN4O/c1-11-17-9-14(16)15(21)19(11)10-12-7-8-20(18-12)13-5-3-2-4-6-13/h2-9H,10H2,1H3. The summed E-state index contributed by atoms with van der Waals surface area (Å²) in [6, 6.07) is 11.8. The molecule has 3 rings (SSSR count). The quantitative estimate of drug-likeness (QED) is 0.644. The Balaban J connectivity index is 1.93. The molecular weight excluding hydrogens is 379 g/mol. The molecule has 0 aliphatic rings. The number of aromatic nitrogens is 4. The van der Waals surface area contributed by atoms with Crippen LogP contribution < -0.4 is 5.56 Å². The smallest absolute Gasteiger partial charge is 0.267 e. The van der Waals surface area contributed by atoms with Crippen LogP contribution in [0.1, 0.15) is 11.5 Å². The van der Waals surface area contributed by atoms with Gasteiger partial charge in [-0.3, -0.25) is 9.36 Å². The van der Waals surface area contributed by atoms with Gasteiger partial charge in [0.1, 0.15) is 5.82 Å². The first-order chi connectivity index (χ1) is 10.1. The number of benzene rings is 1. The first-order valence-electron chi connectivity index (χ1n) is 6.47. The van der Waals surface area contributed by atoms with Crippen molar-refractivity contribution in [1.29, 1.82) is 0 Å². The van der Waals surface area contributed by atoms with Crippen LogP contribution in [0.3, 0.4) is 0 Å². The van der Waals surface area contributed by atoms with Crippen LogP contribution in [-0.4, -0.2) is 19.3 Å². The Morgan fingerprint density at radius 1 is 1.19 bits per heavy atom. The molecule has 0 fully saturated rings. The van der Waals surface area contributed by atoms with E-state index in [9.17, 15) is 4.79 Å². The first kappa shape index (κ1) is 14.0. The number of para-hydroxylation sites is 1. The van der Waals surface area contributed by atoms with Gasteiger partial charge in [-0.1, -0.05) is 18.2 Å². The fourth-order valence-corrected chi connectivity index (χ4v) is 2.50. The lowest BCUT2D eigenvalue weighted by Gasteiger charge is -2.07. The maximum Gasteiger partial charge on any atom is 0.267 e. The molecule has 0 radical (unpaired) electrons. The van der Waals surface area contributed by atoms with Crippen LogP contribution in [0, 0.1) is 10.5 Å². The zero-order chi connectivity index (χ0) is 14.8. The van der Waals surface area contributed by atoms with E-state index in [2.05, 4.69) is 10.1 Å². The third-order valence-corrected chi connectivity index (χ3v) is 3.93. The van der Waals surface area contributed by atoms with Gasteiger partial charge in [-0.15, -0.1) is 0 Å². The van der Waals surface area contributed by atoms with Crippen molar-refractivity contribution < 1.29 is 0 Å². The molecule has 0 atom stereocenters. The molecule has 0 aliphatic heterocycles. The molecule has 0 N–H and O–H groups in total. The van der Waals surface area contributed by atoms with Crippen molar-refractivity contribution in [3.63, 3.8) is 0 Å². The number of halogens is 1. The topological polar surface area (TPSA) is 52.7 Å². The number of hydrogen-bond donors (Lipinski definition) is 0. The molecule has 0 saturated carbocycles. The Morgan fingerprint density at radius 3 is 2.71 bits per heavy atom. The van der Waals surface area contributed by atoms with Crippen molar-refractivity contribution in [1.82, 2.24) is 19.3 Å². The van der Waals surface area contributed by atoms with Gasteiger partial charge in [-0.05, 0) is 47.7 Å². The molecule has 106 valence electrons. The Bertz CT molecular complexity index is 823. The van der Waals surface area contributed by atoms with E-state index in [1.165, 1.54) is 0 Å². The average molecular weight is 392 g/mol. The predicted molar refractivity (Wildman–Crippen MR) is 88.6 cm³/mol. The summed E-state index contributed by atoms with van der Waals surface area (Å²) in [6.45, 7) is 2.25. The normalized spacial score (nSPS) is 10.8. The van der Waals surface area contributed by atoms with Crippen LogP contribution in [0.4, 0.5) is 0 Å². The van der Waals surface area contributed by atoms with E-state index in [0.717, 1.165) is 11.4 Å². The molecule has 0 saturated heterocycles. The van der Waals surface area contributed by atoms with Crippen molar-refractivity contribution in [2.75, 3.05) is 0 Å². The molecule has 0 spiro atoms. The summed E-state index contributed by atoms with van der Waals surface area (Å²) in [5.41, 5.74) is 1.79. The van der Waals surface area contributed by atoms with Gasteiger partial charge in [0.05, 0.1) is 21.5 Å². The molecule has 0 bridgehead atoms. The van der Waals surface area contributed by atoms with Gasteiger partial charge in [-0.2, -0.15) is 5.10 Å². The van der Waals surface area contributed by atoms with E-state index in [-0.39, 0.29) is 5.56 Å². The van der Waals surface area contributed by atoms with E-state index in [1.54, 1.807) is 15.4 Å². The van der Waals surface area contributed by atoms with Gasteiger partial charge < -0.3 is 0 Å². The lowest BCUT2D eigenvalue weighted by Crippen LogP contribution is -2.26. The molecule has 0 amide bonds. The summed E-state index contributed by atoms with van der Waals surface area (Å²) in [5.74, 6) is 0.690. The number of nitrogens with zero attached hydrogens (tertiary/aromatic N) is 4. The molecule has 21 heavy (non-hydrogen) atoms. The van der Waals surface area contributed by atoms with Crippen LogP contribution in [0.15, 0.2) is 53.6 Å². The van der Waals surface area contributed by atoms with E-state index in [4.69, 9.17) is 0 Å². The summed E-state index contributed by atoms with van der Waals surface area (Å²) in [5, 5.41) is 4.51. The summed E-state index contributed by atoms with van der Waals surface area (Å²) < 4.78 is 4.05. The van der Waals surface area contributed by atoms with Gasteiger partial charge in [0.25, 0.3) is 5.56 Å². The molecular formula is C15H13IN4O. The monoisotopic (exact) mass is 392 g/mol. The minimum atomic E-state index is -0.0302. The van der Waals surface area contributed by atoms with E-state index in [1.807, 2.05) is 72.1 Å². The maximum atomic E-state index is 12.2. The first-order valence-corrected chi connectivity index (χ1v) is 7.55. The van der Waals surface area contributed by atoms with Crippen LogP contribution in [0.2, 0.25) is 0 Å². The molecule has 0 aliphatic carbocycles. The Labute approximate surface area is 135 Å². The molecule has 1 aromatic carbocycles. The van der Waals surface area contributed by atoms with Crippen molar-refractivity contribution >= 4 is 22.6 Å². The molecule has 2 heterocycles. The lowest BCUT2D eigenvalue weighted by molar-refractivity contribution is 0.671. The molecule has 3 aromatic rings. The highest BCUT2D eigenvalue weighted by Crippen LogP contribution is 2.08. The highest BCUT2D eigenvalue weighted by molar-refractivity contribution is 14.1. The highest BCUT2D eigenvalue weighted by atomic mass is 127. The zero-order valence-corrected chi connectivity index (χ0v) is 13.6. The number of hydrogen-bond acceptors (Lipinski definition) is 3. The molecule has 6 heteroatoms. The van der Waals surface area contributed by atoms with Crippen molar-refractivity contribution in [3.05, 3.63) is 74.2 Å². The third-order valence-electron chi connectivity index (χ3n) is 3.19. The second-order valence-electron chi connectivity index (χ2n) is 4.63. The zero-order valence-electron chi connectivity index (χ0n) is 11.4. The Morgan fingerprint density at radius 2 is 1.95 bits per heavy atom. The molecule has 0 unspecified atom stereocenters. The summed E-state index contributed by atoms with van der Waals surface area (Å²) >= 11 is 2.00. The number of rotatable bonds is 3. The maximum absolute atomic E-state index is 12.2. The van der Waals surface area contributed by atoms with Gasteiger partial charge in [0.2, 0.25) is 0 Å². The Hall–Kier alpha value is -1.96. The van der Waals surface area contributed by atoms with Crippen molar-refractivity contribution in [3.8, 4) is 5.69 Å². The van der Waals surface area contributed by atoms with Crippen LogP contribution in [-0.2, 0) is 6.54 Å². The second kappa shape index (κ2) is 5.80. The van der Waals surface area contributed by atoms with Crippen LogP contribution in [0.25, 0.3) is 5.69 Å². The second-order valence-corrected chi connectivity index (χ2v) is 5.79. The van der Waals surface area contributed by atoms with Crippen LogP contribution in [0.5, 0.6) is 0 Å². The van der Waals surface area contributed by atoms with E-state index in [0.29, 0.717) is 15.9 Å². The molecule has 5 nitrogen and oxygen atoms in total. The number of aryl methyl sites for hydroxylation is 1. The SMILES string of the molecule is Cc1ncc(I)c(=O)n1Cc1ccn(-c2ccccc2)n1. The van der Waals surface area contributed by atoms with Gasteiger partial charge in [0.15, 0.2) is 0 Å². The largest absolute Gasteiger partial charge is 0.290 e. The minimum Gasteiger partial charge on any atom is -0.290 e. The fourth-order valence-electron chi connectivity index (χ4n) is 2.07. The van der Waals surface area contributed by atoms with Gasteiger partial charge >= 0.3 is 0 Å². The fraction of sp³-hybridized carbons (Fsp3) is 0.133. The van der Waals surface area contributed by atoms with E-state index >= 15 is 0 Å². The highest BCUT2D eigenvalue weighted by Gasteiger charge is 2.08. The van der Waals surface area contributed by atoms with Crippen molar-refractivity contribution in [2.45, 2.75) is 13.5 Å². The average Bonchev–Trinajstić information content (AvgIpc) is 2.97. The van der Waals surface area contributed by atoms with E-state index < -0.39 is 0 Å². The molecule has 2 aromatic heterocycles. The summed E-state index contributed by atoms with van der Waals surface area (Å²) in [6.07, 6.45) is 3.49. The minimum absolute atomic E-state index is 0.0302. The third kappa shape index (κ3) is 2.90. The predicted octanol–water partition coefficient (Wildman–Crippen LogP) is 2.39. The van der Waals surface area contributed by atoms with Gasteiger partial charge in [0, 0.05) is 12.4 Å².